The Balaban J connectivity index is 1.79. The van der Waals surface area contributed by atoms with Crippen LogP contribution in [0.4, 0.5) is 5.69 Å². The van der Waals surface area contributed by atoms with Crippen molar-refractivity contribution in [3.05, 3.63) is 65.7 Å². The van der Waals surface area contributed by atoms with Crippen molar-refractivity contribution in [2.75, 3.05) is 23.9 Å². The normalized spacial score (nSPS) is 23.7. The van der Waals surface area contributed by atoms with E-state index in [1.807, 2.05) is 54.6 Å². The molecule has 2 aliphatic heterocycles. The van der Waals surface area contributed by atoms with Crippen molar-refractivity contribution in [2.24, 2.45) is 0 Å². The maximum absolute atomic E-state index is 13.2. The molecule has 2 heterocycles. The van der Waals surface area contributed by atoms with E-state index >= 15 is 0 Å². The van der Waals surface area contributed by atoms with Crippen molar-refractivity contribution in [1.29, 1.82) is 0 Å². The molecule has 0 unspecified atom stereocenters. The number of sulfone groups is 1. The number of hydrogen-bond acceptors (Lipinski definition) is 4. The molecule has 1 spiro atoms. The smallest absolute Gasteiger partial charge is 0.237 e. The third-order valence-corrected chi connectivity index (χ3v) is 6.65. The van der Waals surface area contributed by atoms with Crippen LogP contribution in [0.5, 0.6) is 0 Å². The van der Waals surface area contributed by atoms with Crippen LogP contribution in [0.3, 0.4) is 0 Å². The molecular formula is C21H22N2O4S. The molecule has 2 atom stereocenters. The highest BCUT2D eigenvalue weighted by Gasteiger charge is 2.59. The Kier molecular flexibility index (Phi) is 4.50. The van der Waals surface area contributed by atoms with Gasteiger partial charge in [-0.15, -0.1) is 0 Å². The zero-order valence-corrected chi connectivity index (χ0v) is 16.4. The molecule has 2 aromatic carbocycles. The zero-order chi connectivity index (χ0) is 19.9. The van der Waals surface area contributed by atoms with Crippen LogP contribution in [0.2, 0.25) is 0 Å². The van der Waals surface area contributed by atoms with Crippen LogP contribution >= 0.6 is 0 Å². The Morgan fingerprint density at radius 2 is 1.82 bits per heavy atom. The first-order chi connectivity index (χ1) is 13.3. The fourth-order valence-electron chi connectivity index (χ4n) is 4.47. The molecule has 2 aromatic rings. The highest BCUT2D eigenvalue weighted by atomic mass is 32.2. The summed E-state index contributed by atoms with van der Waals surface area (Å²) in [6.45, 7) is 0.407. The van der Waals surface area contributed by atoms with Gasteiger partial charge in [-0.1, -0.05) is 48.5 Å². The fraction of sp³-hybridized carbons (Fsp3) is 0.333. The van der Waals surface area contributed by atoms with Gasteiger partial charge >= 0.3 is 0 Å². The van der Waals surface area contributed by atoms with Crippen LogP contribution in [-0.4, -0.2) is 43.7 Å². The Labute approximate surface area is 164 Å². The summed E-state index contributed by atoms with van der Waals surface area (Å²) in [5.74, 6) is -0.547. The number of anilines is 1. The summed E-state index contributed by atoms with van der Waals surface area (Å²) >= 11 is 0. The molecule has 146 valence electrons. The summed E-state index contributed by atoms with van der Waals surface area (Å²) in [6, 6.07) is 16.6. The maximum atomic E-state index is 13.2. The van der Waals surface area contributed by atoms with Crippen LogP contribution in [0, 0.1) is 0 Å². The van der Waals surface area contributed by atoms with Gasteiger partial charge < -0.3 is 10.2 Å². The molecule has 7 heteroatoms. The Morgan fingerprint density at radius 1 is 1.14 bits per heavy atom. The molecule has 1 N–H and O–H groups in total. The number of hydrogen-bond donors (Lipinski definition) is 1. The number of rotatable bonds is 4. The molecule has 2 amide bonds. The molecule has 0 aromatic heterocycles. The number of fused-ring (bicyclic) bond motifs is 2. The van der Waals surface area contributed by atoms with Gasteiger partial charge in [0, 0.05) is 24.9 Å². The van der Waals surface area contributed by atoms with Crippen molar-refractivity contribution in [2.45, 2.75) is 24.3 Å². The van der Waals surface area contributed by atoms with Gasteiger partial charge in [0.15, 0.2) is 0 Å². The number of likely N-dealkylation sites (tertiary alicyclic amines) is 1. The molecule has 6 nitrogen and oxygen atoms in total. The average Bonchev–Trinajstić information content (AvgIpc) is 3.20. The van der Waals surface area contributed by atoms with Crippen molar-refractivity contribution in [3.8, 4) is 0 Å². The van der Waals surface area contributed by atoms with Gasteiger partial charge in [-0.2, -0.15) is 0 Å². The van der Waals surface area contributed by atoms with Gasteiger partial charge in [0.05, 0.1) is 11.8 Å². The third kappa shape index (κ3) is 2.99. The number of carbonyl (C=O) groups is 2. The number of nitrogens with zero attached hydrogens (tertiary/aromatic N) is 1. The minimum atomic E-state index is -3.24. The molecule has 28 heavy (non-hydrogen) atoms. The summed E-state index contributed by atoms with van der Waals surface area (Å²) in [4.78, 5) is 27.8. The summed E-state index contributed by atoms with van der Waals surface area (Å²) in [7, 11) is -3.24. The SMILES string of the molecule is CS(=O)(=O)CCC(=O)N1CC[C@]2(C(=O)Nc3ccccc32)[C@@H]1c1ccccc1. The first-order valence-corrected chi connectivity index (χ1v) is 11.3. The zero-order valence-electron chi connectivity index (χ0n) is 15.6. The van der Waals surface area contributed by atoms with Crippen LogP contribution in [0.25, 0.3) is 0 Å². The lowest BCUT2D eigenvalue weighted by molar-refractivity contribution is -0.133. The van der Waals surface area contributed by atoms with E-state index in [2.05, 4.69) is 5.32 Å². The van der Waals surface area contributed by atoms with Gasteiger partial charge in [0.2, 0.25) is 11.8 Å². The van der Waals surface area contributed by atoms with Crippen LogP contribution in [-0.2, 0) is 24.8 Å². The monoisotopic (exact) mass is 398 g/mol. The van der Waals surface area contributed by atoms with E-state index in [4.69, 9.17) is 0 Å². The fourth-order valence-corrected chi connectivity index (χ4v) is 5.02. The summed E-state index contributed by atoms with van der Waals surface area (Å²) in [6.07, 6.45) is 1.54. The van der Waals surface area contributed by atoms with Crippen LogP contribution in [0.1, 0.15) is 30.0 Å². The molecule has 0 saturated carbocycles. The van der Waals surface area contributed by atoms with Gasteiger partial charge in [0.25, 0.3) is 0 Å². The quantitative estimate of drug-likeness (QED) is 0.857. The number of benzene rings is 2. The van der Waals surface area contributed by atoms with E-state index in [-0.39, 0.29) is 24.0 Å². The van der Waals surface area contributed by atoms with Gasteiger partial charge in [0.1, 0.15) is 15.3 Å². The predicted molar refractivity (Wildman–Crippen MR) is 107 cm³/mol. The lowest BCUT2D eigenvalue weighted by Crippen LogP contribution is -2.42. The molecule has 0 bridgehead atoms. The van der Waals surface area contributed by atoms with E-state index in [1.54, 1.807) is 4.90 Å². The molecule has 4 rings (SSSR count). The average molecular weight is 398 g/mol. The largest absolute Gasteiger partial charge is 0.334 e. The minimum absolute atomic E-state index is 0.0818. The lowest BCUT2D eigenvalue weighted by Gasteiger charge is -2.34. The molecule has 1 fully saturated rings. The maximum Gasteiger partial charge on any atom is 0.237 e. The summed E-state index contributed by atoms with van der Waals surface area (Å²) < 4.78 is 23.1. The minimum Gasteiger partial charge on any atom is -0.334 e. The second-order valence-corrected chi connectivity index (χ2v) is 9.76. The molecular weight excluding hydrogens is 376 g/mol. The van der Waals surface area contributed by atoms with Crippen molar-refractivity contribution < 1.29 is 18.0 Å². The Bertz CT molecular complexity index is 1040. The second kappa shape index (κ2) is 6.74. The number of nitrogens with one attached hydrogen (secondary N) is 1. The highest BCUT2D eigenvalue weighted by molar-refractivity contribution is 7.90. The Hall–Kier alpha value is -2.67. The van der Waals surface area contributed by atoms with Crippen LogP contribution < -0.4 is 5.32 Å². The first kappa shape index (κ1) is 18.7. The van der Waals surface area contributed by atoms with E-state index in [0.717, 1.165) is 23.1 Å². The first-order valence-electron chi connectivity index (χ1n) is 9.26. The summed E-state index contributed by atoms with van der Waals surface area (Å²) in [5.41, 5.74) is 1.68. The van der Waals surface area contributed by atoms with Crippen molar-refractivity contribution >= 4 is 27.3 Å². The lowest BCUT2D eigenvalue weighted by atomic mass is 9.72. The Morgan fingerprint density at radius 3 is 2.54 bits per heavy atom. The van der Waals surface area contributed by atoms with E-state index in [1.165, 1.54) is 0 Å². The van der Waals surface area contributed by atoms with Gasteiger partial charge in [-0.05, 0) is 23.6 Å². The topological polar surface area (TPSA) is 83.6 Å². The summed E-state index contributed by atoms with van der Waals surface area (Å²) in [5, 5.41) is 2.97. The number of para-hydroxylation sites is 1. The van der Waals surface area contributed by atoms with E-state index in [0.29, 0.717) is 13.0 Å². The number of amides is 2. The highest BCUT2D eigenvalue weighted by Crippen LogP contribution is 2.54. The van der Waals surface area contributed by atoms with Gasteiger partial charge in [-0.3, -0.25) is 9.59 Å². The second-order valence-electron chi connectivity index (χ2n) is 7.50. The molecule has 1 saturated heterocycles. The van der Waals surface area contributed by atoms with E-state index in [9.17, 15) is 18.0 Å². The molecule has 2 aliphatic rings. The van der Waals surface area contributed by atoms with Crippen molar-refractivity contribution in [1.82, 2.24) is 4.90 Å². The number of carbonyl (C=O) groups excluding carboxylic acids is 2. The molecule has 0 aliphatic carbocycles. The van der Waals surface area contributed by atoms with Gasteiger partial charge in [-0.25, -0.2) is 8.42 Å². The van der Waals surface area contributed by atoms with Crippen LogP contribution in [0.15, 0.2) is 54.6 Å². The predicted octanol–water partition coefficient (Wildman–Crippen LogP) is 2.28. The third-order valence-electron chi connectivity index (χ3n) is 5.71. The standard InChI is InChI=1S/C21H22N2O4S/c1-28(26,27)14-11-18(24)23-13-12-21(19(23)15-7-3-2-4-8-15)16-9-5-6-10-17(16)22-20(21)25/h2-10,19H,11-14H2,1H3,(H,22,25)/t19-,21+/m0/s1. The molecule has 0 radical (unpaired) electrons. The van der Waals surface area contributed by atoms with Crippen molar-refractivity contribution in [3.63, 3.8) is 0 Å². The van der Waals surface area contributed by atoms with E-state index < -0.39 is 21.3 Å².